The van der Waals surface area contributed by atoms with Gasteiger partial charge in [-0.3, -0.25) is 5.43 Å². The molecule has 0 unspecified atom stereocenters. The normalized spacial score (nSPS) is 10.4. The third kappa shape index (κ3) is 2.93. The Morgan fingerprint density at radius 2 is 2.36 bits per heavy atom. The van der Waals surface area contributed by atoms with Crippen molar-refractivity contribution in [1.29, 1.82) is 0 Å². The number of hydrogen-bond donors (Lipinski definition) is 2. The maximum Gasteiger partial charge on any atom is 0.184 e. The number of benzene rings is 1. The molecule has 0 radical (unpaired) electrons. The van der Waals surface area contributed by atoms with Gasteiger partial charge in [-0.25, -0.2) is 4.39 Å². The van der Waals surface area contributed by atoms with E-state index in [0.717, 1.165) is 0 Å². The minimum atomic E-state index is -0.453. The molecule has 0 amide bonds. The summed E-state index contributed by atoms with van der Waals surface area (Å²) in [4.78, 5) is 0. The summed E-state index contributed by atoms with van der Waals surface area (Å²) in [6, 6.07) is 4.36. The Hall–Kier alpha value is -1.20. The molecule has 0 bridgehead atoms. The molecule has 1 aromatic carbocycles. The molecule has 0 aliphatic carbocycles. The molecule has 1 aromatic rings. The van der Waals surface area contributed by atoms with Gasteiger partial charge in [0.1, 0.15) is 5.82 Å². The van der Waals surface area contributed by atoms with Crippen molar-refractivity contribution in [2.45, 2.75) is 0 Å². The summed E-state index contributed by atoms with van der Waals surface area (Å²) in [5.41, 5.74) is 7.61. The lowest BCUT2D eigenvalue weighted by Crippen LogP contribution is -2.24. The lowest BCUT2D eigenvalue weighted by Gasteiger charge is -1.99. The molecule has 0 aromatic heterocycles. The number of nitrogens with one attached hydrogen (secondary N) is 1. The van der Waals surface area contributed by atoms with Crippen molar-refractivity contribution in [3.8, 4) is 0 Å². The molecule has 0 aliphatic rings. The van der Waals surface area contributed by atoms with Crippen molar-refractivity contribution >= 4 is 35.1 Å². The zero-order valence-corrected chi connectivity index (χ0v) is 8.57. The van der Waals surface area contributed by atoms with Crippen molar-refractivity contribution in [3.63, 3.8) is 0 Å². The molecule has 0 fully saturated rings. The van der Waals surface area contributed by atoms with Gasteiger partial charge in [0.25, 0.3) is 0 Å². The summed E-state index contributed by atoms with van der Waals surface area (Å²) in [7, 11) is 0. The number of thiocarbonyl (C=S) groups is 1. The van der Waals surface area contributed by atoms with E-state index in [1.165, 1.54) is 18.3 Å². The quantitative estimate of drug-likeness (QED) is 0.462. The Morgan fingerprint density at radius 1 is 1.64 bits per heavy atom. The van der Waals surface area contributed by atoms with Crippen LogP contribution in [0.3, 0.4) is 0 Å². The van der Waals surface area contributed by atoms with Crippen molar-refractivity contribution in [2.75, 3.05) is 0 Å². The molecular formula is C8H7ClFN3S. The highest BCUT2D eigenvalue weighted by Crippen LogP contribution is 2.16. The molecule has 0 aliphatic heterocycles. The van der Waals surface area contributed by atoms with Gasteiger partial charge in [0.05, 0.1) is 11.2 Å². The standard InChI is InChI=1S/C8H7ClFN3S/c9-6-2-1-3-7(10)5(6)4-12-13-8(11)14/h1-4H,(H3,11,13,14). The van der Waals surface area contributed by atoms with Gasteiger partial charge in [-0.2, -0.15) is 5.10 Å². The molecule has 3 N–H and O–H groups in total. The van der Waals surface area contributed by atoms with Crippen LogP contribution in [-0.4, -0.2) is 11.3 Å². The number of rotatable bonds is 2. The van der Waals surface area contributed by atoms with Crippen LogP contribution >= 0.6 is 23.8 Å². The summed E-state index contributed by atoms with van der Waals surface area (Å²) in [6.07, 6.45) is 1.22. The van der Waals surface area contributed by atoms with Gasteiger partial charge in [-0.1, -0.05) is 17.7 Å². The van der Waals surface area contributed by atoms with Gasteiger partial charge >= 0.3 is 0 Å². The van der Waals surface area contributed by atoms with E-state index >= 15 is 0 Å². The van der Waals surface area contributed by atoms with Crippen molar-refractivity contribution in [2.24, 2.45) is 10.8 Å². The van der Waals surface area contributed by atoms with Gasteiger partial charge in [-0.15, -0.1) is 0 Å². The minimum Gasteiger partial charge on any atom is -0.375 e. The van der Waals surface area contributed by atoms with E-state index in [2.05, 4.69) is 22.7 Å². The highest BCUT2D eigenvalue weighted by molar-refractivity contribution is 7.80. The smallest absolute Gasteiger partial charge is 0.184 e. The largest absolute Gasteiger partial charge is 0.375 e. The summed E-state index contributed by atoms with van der Waals surface area (Å²) >= 11 is 10.2. The van der Waals surface area contributed by atoms with Gasteiger partial charge in [-0.05, 0) is 24.4 Å². The first-order valence-electron chi connectivity index (χ1n) is 3.64. The minimum absolute atomic E-state index is 0.00807. The molecule has 0 heterocycles. The van der Waals surface area contributed by atoms with Crippen LogP contribution < -0.4 is 11.2 Å². The maximum absolute atomic E-state index is 13.1. The van der Waals surface area contributed by atoms with Gasteiger partial charge < -0.3 is 5.73 Å². The fourth-order valence-electron chi connectivity index (χ4n) is 0.794. The summed E-state index contributed by atoms with van der Waals surface area (Å²) < 4.78 is 13.1. The second-order valence-corrected chi connectivity index (χ2v) is 3.22. The fraction of sp³-hybridized carbons (Fsp3) is 0. The second-order valence-electron chi connectivity index (χ2n) is 2.37. The molecular weight excluding hydrogens is 225 g/mol. The molecule has 14 heavy (non-hydrogen) atoms. The first kappa shape index (κ1) is 10.9. The molecule has 6 heteroatoms. The first-order chi connectivity index (χ1) is 6.61. The SMILES string of the molecule is NC(=S)NN=Cc1c(F)cccc1Cl. The molecule has 0 spiro atoms. The lowest BCUT2D eigenvalue weighted by molar-refractivity contribution is 0.626. The molecule has 1 rings (SSSR count). The van der Waals surface area contributed by atoms with Crippen LogP contribution in [0.15, 0.2) is 23.3 Å². The molecule has 0 saturated heterocycles. The van der Waals surface area contributed by atoms with Crippen LogP contribution in [0.5, 0.6) is 0 Å². The molecule has 0 saturated carbocycles. The Balaban J connectivity index is 2.85. The van der Waals surface area contributed by atoms with E-state index in [4.69, 9.17) is 17.3 Å². The number of nitrogens with zero attached hydrogens (tertiary/aromatic N) is 1. The van der Waals surface area contributed by atoms with Gasteiger partial charge in [0.15, 0.2) is 5.11 Å². The fourth-order valence-corrected chi connectivity index (χ4v) is 1.06. The number of halogens is 2. The Kier molecular flexibility index (Phi) is 3.79. The number of hydrogen-bond acceptors (Lipinski definition) is 2. The highest BCUT2D eigenvalue weighted by atomic mass is 35.5. The molecule has 0 atom stereocenters. The zero-order valence-electron chi connectivity index (χ0n) is 7.00. The van der Waals surface area contributed by atoms with E-state index in [9.17, 15) is 4.39 Å². The van der Waals surface area contributed by atoms with Crippen molar-refractivity contribution < 1.29 is 4.39 Å². The topological polar surface area (TPSA) is 50.4 Å². The van der Waals surface area contributed by atoms with Crippen LogP contribution in [-0.2, 0) is 0 Å². The van der Waals surface area contributed by atoms with Crippen LogP contribution in [0, 0.1) is 5.82 Å². The Bertz CT molecular complexity index is 361. The van der Waals surface area contributed by atoms with E-state index in [-0.39, 0.29) is 15.7 Å². The Labute approximate surface area is 90.7 Å². The van der Waals surface area contributed by atoms with Crippen LogP contribution in [0.25, 0.3) is 0 Å². The highest BCUT2D eigenvalue weighted by Gasteiger charge is 2.02. The summed E-state index contributed by atoms with van der Waals surface area (Å²) in [5.74, 6) is -0.453. The second kappa shape index (κ2) is 4.88. The predicted molar refractivity (Wildman–Crippen MR) is 58.9 cm³/mol. The van der Waals surface area contributed by atoms with E-state index < -0.39 is 5.82 Å². The van der Waals surface area contributed by atoms with E-state index in [1.807, 2.05) is 0 Å². The van der Waals surface area contributed by atoms with Gasteiger partial charge in [0, 0.05) is 5.56 Å². The predicted octanol–water partition coefficient (Wildman–Crippen LogP) is 1.65. The summed E-state index contributed by atoms with van der Waals surface area (Å²) in [6.45, 7) is 0. The van der Waals surface area contributed by atoms with Gasteiger partial charge in [0.2, 0.25) is 0 Å². The summed E-state index contributed by atoms with van der Waals surface area (Å²) in [5, 5.41) is 3.88. The lowest BCUT2D eigenvalue weighted by atomic mass is 10.2. The maximum atomic E-state index is 13.1. The van der Waals surface area contributed by atoms with Crippen LogP contribution in [0.4, 0.5) is 4.39 Å². The first-order valence-corrected chi connectivity index (χ1v) is 4.42. The van der Waals surface area contributed by atoms with Crippen LogP contribution in [0.2, 0.25) is 5.02 Å². The Morgan fingerprint density at radius 3 is 2.93 bits per heavy atom. The number of nitrogens with two attached hydrogens (primary N) is 1. The average molecular weight is 232 g/mol. The van der Waals surface area contributed by atoms with Crippen LogP contribution in [0.1, 0.15) is 5.56 Å². The average Bonchev–Trinajstić information content (AvgIpc) is 2.09. The monoisotopic (exact) mass is 231 g/mol. The third-order valence-electron chi connectivity index (χ3n) is 1.37. The molecule has 3 nitrogen and oxygen atoms in total. The van der Waals surface area contributed by atoms with E-state index in [0.29, 0.717) is 0 Å². The van der Waals surface area contributed by atoms with Crippen molar-refractivity contribution in [3.05, 3.63) is 34.6 Å². The molecule has 74 valence electrons. The number of hydrazone groups is 1. The van der Waals surface area contributed by atoms with Crippen molar-refractivity contribution in [1.82, 2.24) is 5.43 Å². The van der Waals surface area contributed by atoms with E-state index in [1.54, 1.807) is 6.07 Å². The third-order valence-corrected chi connectivity index (χ3v) is 1.79. The zero-order chi connectivity index (χ0) is 10.6.